The predicted molar refractivity (Wildman–Crippen MR) is 140 cm³/mol. The molecule has 2 rings (SSSR count). The van der Waals surface area contributed by atoms with E-state index in [-0.39, 0.29) is 17.3 Å². The summed E-state index contributed by atoms with van der Waals surface area (Å²) in [5.74, 6) is -0.876. The van der Waals surface area contributed by atoms with Crippen LogP contribution in [0.25, 0.3) is 0 Å². The third kappa shape index (κ3) is 7.82. The second-order valence-electron chi connectivity index (χ2n) is 8.01. The molecule has 0 saturated carbocycles. The number of nitrogens with one attached hydrogen (secondary N) is 1. The highest BCUT2D eigenvalue weighted by atomic mass is 35.5. The molecule has 1 N–H and O–H groups in total. The molecule has 0 radical (unpaired) electrons. The van der Waals surface area contributed by atoms with E-state index in [0.717, 1.165) is 17.1 Å². The molecule has 0 saturated heterocycles. The third-order valence-corrected chi connectivity index (χ3v) is 8.26. The van der Waals surface area contributed by atoms with Crippen LogP contribution in [0.1, 0.15) is 38.7 Å². The van der Waals surface area contributed by atoms with E-state index in [0.29, 0.717) is 33.6 Å². The Bertz CT molecular complexity index is 1110. The lowest BCUT2D eigenvalue weighted by Gasteiger charge is -2.32. The van der Waals surface area contributed by atoms with E-state index in [4.69, 9.17) is 34.8 Å². The molecule has 7 nitrogen and oxygen atoms in total. The highest BCUT2D eigenvalue weighted by Gasteiger charge is 2.32. The predicted octanol–water partition coefficient (Wildman–Crippen LogP) is 4.99. The fourth-order valence-electron chi connectivity index (χ4n) is 3.43. The first-order valence-electron chi connectivity index (χ1n) is 11.2. The molecule has 11 heteroatoms. The Hall–Kier alpha value is -1.84. The van der Waals surface area contributed by atoms with Crippen molar-refractivity contribution in [1.29, 1.82) is 0 Å². The van der Waals surface area contributed by atoms with Crippen LogP contribution in [-0.2, 0) is 26.2 Å². The Labute approximate surface area is 222 Å². The van der Waals surface area contributed by atoms with E-state index in [1.54, 1.807) is 25.1 Å². The van der Waals surface area contributed by atoms with Crippen LogP contribution in [0.15, 0.2) is 47.4 Å². The van der Waals surface area contributed by atoms with Crippen molar-refractivity contribution in [2.24, 2.45) is 0 Å². The minimum atomic E-state index is -3.97. The van der Waals surface area contributed by atoms with Crippen molar-refractivity contribution in [2.45, 2.75) is 50.6 Å². The topological polar surface area (TPSA) is 86.8 Å². The van der Waals surface area contributed by atoms with Gasteiger partial charge >= 0.3 is 0 Å². The number of halogens is 3. The molecule has 2 aromatic carbocycles. The fourth-order valence-corrected chi connectivity index (χ4v) is 5.20. The van der Waals surface area contributed by atoms with E-state index in [2.05, 4.69) is 5.32 Å². The van der Waals surface area contributed by atoms with Crippen LogP contribution in [0.5, 0.6) is 0 Å². The van der Waals surface area contributed by atoms with Gasteiger partial charge in [0.1, 0.15) is 6.04 Å². The van der Waals surface area contributed by atoms with Gasteiger partial charge < -0.3 is 10.2 Å². The number of rotatable bonds is 12. The van der Waals surface area contributed by atoms with Crippen LogP contribution in [0.3, 0.4) is 0 Å². The standard InChI is InChI=1S/C24H30Cl3N3O4S/c1-4-6-14-28-24(32)22(5-2)30(15-19-20(26)8-7-9-21(19)27)23(31)16-29(3)35(33,34)18-12-10-17(25)11-13-18/h7-13,22H,4-6,14-16H2,1-3H3,(H,28,32). The molecule has 0 fully saturated rings. The molecule has 0 spiro atoms. The maximum absolute atomic E-state index is 13.5. The van der Waals surface area contributed by atoms with Crippen molar-refractivity contribution in [1.82, 2.24) is 14.5 Å². The molecule has 0 aliphatic carbocycles. The summed E-state index contributed by atoms with van der Waals surface area (Å²) in [4.78, 5) is 27.8. The SMILES string of the molecule is CCCCNC(=O)C(CC)N(Cc1c(Cl)cccc1Cl)C(=O)CN(C)S(=O)(=O)c1ccc(Cl)cc1. The van der Waals surface area contributed by atoms with Crippen molar-refractivity contribution in [3.05, 3.63) is 63.1 Å². The van der Waals surface area contributed by atoms with Crippen LogP contribution in [0.2, 0.25) is 15.1 Å². The average Bonchev–Trinajstić information content (AvgIpc) is 2.81. The third-order valence-electron chi connectivity index (χ3n) is 5.49. The highest BCUT2D eigenvalue weighted by Crippen LogP contribution is 2.27. The number of unbranched alkanes of at least 4 members (excludes halogenated alkanes) is 1. The van der Waals surface area contributed by atoms with Gasteiger partial charge in [0.05, 0.1) is 11.4 Å². The monoisotopic (exact) mass is 561 g/mol. The van der Waals surface area contributed by atoms with Gasteiger partial charge in [-0.2, -0.15) is 4.31 Å². The summed E-state index contributed by atoms with van der Waals surface area (Å²) in [6.07, 6.45) is 2.02. The summed E-state index contributed by atoms with van der Waals surface area (Å²) >= 11 is 18.5. The molecule has 0 aliphatic rings. The molecular formula is C24H30Cl3N3O4S. The minimum Gasteiger partial charge on any atom is -0.354 e. The first-order chi connectivity index (χ1) is 16.5. The van der Waals surface area contributed by atoms with Crippen molar-refractivity contribution in [3.63, 3.8) is 0 Å². The number of sulfonamides is 1. The lowest BCUT2D eigenvalue weighted by molar-refractivity contribution is -0.141. The number of likely N-dealkylation sites (N-methyl/N-ethyl adjacent to an activating group) is 1. The average molecular weight is 563 g/mol. The number of benzene rings is 2. The zero-order valence-corrected chi connectivity index (χ0v) is 23.0. The highest BCUT2D eigenvalue weighted by molar-refractivity contribution is 7.89. The minimum absolute atomic E-state index is 0.00208. The summed E-state index contributed by atoms with van der Waals surface area (Å²) in [6, 6.07) is 9.80. The quantitative estimate of drug-likeness (QED) is 0.369. The molecule has 192 valence electrons. The maximum Gasteiger partial charge on any atom is 0.243 e. The molecule has 0 heterocycles. The van der Waals surface area contributed by atoms with Crippen LogP contribution in [-0.4, -0.2) is 55.6 Å². The van der Waals surface area contributed by atoms with Crippen molar-refractivity contribution in [2.75, 3.05) is 20.1 Å². The Kier molecular flexibility index (Phi) is 11.3. The van der Waals surface area contributed by atoms with Crippen molar-refractivity contribution < 1.29 is 18.0 Å². The molecule has 35 heavy (non-hydrogen) atoms. The number of carbonyl (C=O) groups excluding carboxylic acids is 2. The number of hydrogen-bond donors (Lipinski definition) is 1. The van der Waals surface area contributed by atoms with Gasteiger partial charge in [-0.25, -0.2) is 8.42 Å². The zero-order valence-electron chi connectivity index (χ0n) is 19.9. The lowest BCUT2D eigenvalue weighted by atomic mass is 10.1. The lowest BCUT2D eigenvalue weighted by Crippen LogP contribution is -2.51. The van der Waals surface area contributed by atoms with Gasteiger partial charge in [-0.1, -0.05) is 61.1 Å². The van der Waals surface area contributed by atoms with Crippen LogP contribution in [0.4, 0.5) is 0 Å². The zero-order chi connectivity index (χ0) is 26.2. The summed E-state index contributed by atoms with van der Waals surface area (Å²) in [5, 5.41) is 3.94. The normalized spacial score (nSPS) is 12.4. The van der Waals surface area contributed by atoms with Crippen molar-refractivity contribution in [3.8, 4) is 0 Å². The number of nitrogens with zero attached hydrogens (tertiary/aromatic N) is 2. The van der Waals surface area contributed by atoms with Gasteiger partial charge in [0.15, 0.2) is 0 Å². The molecule has 0 aromatic heterocycles. The molecule has 0 aliphatic heterocycles. The molecule has 0 bridgehead atoms. The molecular weight excluding hydrogens is 533 g/mol. The number of amides is 2. The van der Waals surface area contributed by atoms with Gasteiger partial charge in [-0.3, -0.25) is 9.59 Å². The smallest absolute Gasteiger partial charge is 0.243 e. The van der Waals surface area contributed by atoms with E-state index in [9.17, 15) is 18.0 Å². The molecule has 1 atom stereocenters. The van der Waals surface area contributed by atoms with Crippen LogP contribution in [0, 0.1) is 0 Å². The molecule has 1 unspecified atom stereocenters. The van der Waals surface area contributed by atoms with E-state index in [1.165, 1.54) is 36.2 Å². The van der Waals surface area contributed by atoms with Crippen molar-refractivity contribution >= 4 is 56.6 Å². The first-order valence-corrected chi connectivity index (χ1v) is 13.8. The van der Waals surface area contributed by atoms with Crippen LogP contribution >= 0.6 is 34.8 Å². The van der Waals surface area contributed by atoms with Gasteiger partial charge in [0.25, 0.3) is 0 Å². The summed E-state index contributed by atoms with van der Waals surface area (Å²) in [5.41, 5.74) is 0.479. The number of carbonyl (C=O) groups is 2. The Morgan fingerprint density at radius 2 is 1.60 bits per heavy atom. The van der Waals surface area contributed by atoms with Gasteiger partial charge in [-0.05, 0) is 49.2 Å². The second-order valence-corrected chi connectivity index (χ2v) is 11.3. The van der Waals surface area contributed by atoms with Gasteiger partial charge in [-0.15, -0.1) is 0 Å². The van der Waals surface area contributed by atoms with E-state index < -0.39 is 28.5 Å². The Morgan fingerprint density at radius 3 is 2.14 bits per heavy atom. The molecule has 2 aromatic rings. The number of hydrogen-bond acceptors (Lipinski definition) is 4. The Balaban J connectivity index is 2.35. The molecule has 2 amide bonds. The summed E-state index contributed by atoms with van der Waals surface area (Å²) < 4.78 is 27.0. The second kappa shape index (κ2) is 13.5. The van der Waals surface area contributed by atoms with E-state index in [1.807, 2.05) is 6.92 Å². The van der Waals surface area contributed by atoms with E-state index >= 15 is 0 Å². The largest absolute Gasteiger partial charge is 0.354 e. The summed E-state index contributed by atoms with van der Waals surface area (Å²) in [7, 11) is -2.66. The van der Waals surface area contributed by atoms with Gasteiger partial charge in [0, 0.05) is 40.8 Å². The fraction of sp³-hybridized carbons (Fsp3) is 0.417. The Morgan fingerprint density at radius 1 is 1.00 bits per heavy atom. The maximum atomic E-state index is 13.5. The van der Waals surface area contributed by atoms with Crippen LogP contribution < -0.4 is 5.32 Å². The first kappa shape index (κ1) is 29.4. The summed E-state index contributed by atoms with van der Waals surface area (Å²) in [6.45, 7) is 3.74. The van der Waals surface area contributed by atoms with Gasteiger partial charge in [0.2, 0.25) is 21.8 Å².